The maximum atomic E-state index is 12.9. The Balaban J connectivity index is 1.30. The molecule has 7 heteroatoms. The first-order valence-corrected chi connectivity index (χ1v) is 14.8. The third-order valence-corrected chi connectivity index (χ3v) is 7.43. The minimum absolute atomic E-state index is 0.295. The quantitative estimate of drug-likeness (QED) is 0.0882. The monoisotopic (exact) mass is 603 g/mol. The van der Waals surface area contributed by atoms with Crippen molar-refractivity contribution < 1.29 is 14.3 Å². The van der Waals surface area contributed by atoms with E-state index >= 15 is 0 Å². The van der Waals surface area contributed by atoms with Crippen molar-refractivity contribution in [3.8, 4) is 28.4 Å². The number of nitrogens with one attached hydrogen (secondary N) is 1. The number of benzene rings is 4. The average molecular weight is 604 g/mol. The van der Waals surface area contributed by atoms with Crippen LogP contribution in [-0.2, 0) is 13.0 Å². The Kier molecular flexibility index (Phi) is 9.95. The Bertz CT molecular complexity index is 1780. The molecule has 6 nitrogen and oxygen atoms in total. The van der Waals surface area contributed by atoms with Crippen LogP contribution >= 0.6 is 11.6 Å². The Morgan fingerprint density at radius 1 is 0.932 bits per heavy atom. The second kappa shape index (κ2) is 14.4. The number of hydrogen-bond donors (Lipinski definition) is 1. The fourth-order valence-corrected chi connectivity index (χ4v) is 5.15. The summed E-state index contributed by atoms with van der Waals surface area (Å²) in [5, 5.41) is 4.87. The van der Waals surface area contributed by atoms with Crippen LogP contribution in [0.4, 0.5) is 0 Å². The van der Waals surface area contributed by atoms with Crippen molar-refractivity contribution in [2.24, 2.45) is 5.10 Å². The largest absolute Gasteiger partial charge is 0.490 e. The molecule has 0 bridgehead atoms. The maximum absolute atomic E-state index is 12.9. The average Bonchev–Trinajstić information content (AvgIpc) is 3.43. The van der Waals surface area contributed by atoms with Crippen LogP contribution in [0.5, 0.6) is 11.5 Å². The lowest BCUT2D eigenvalue weighted by molar-refractivity contribution is 0.0955. The van der Waals surface area contributed by atoms with Crippen LogP contribution in [0.1, 0.15) is 39.7 Å². The summed E-state index contributed by atoms with van der Waals surface area (Å²) in [5.41, 5.74) is 9.95. The molecule has 5 rings (SSSR count). The van der Waals surface area contributed by atoms with Gasteiger partial charge in [0.25, 0.3) is 5.91 Å². The van der Waals surface area contributed by atoms with Crippen molar-refractivity contribution in [1.29, 1.82) is 0 Å². The third-order valence-electron chi connectivity index (χ3n) is 7.06. The lowest BCUT2D eigenvalue weighted by atomic mass is 10.1. The van der Waals surface area contributed by atoms with Crippen LogP contribution < -0.4 is 14.9 Å². The summed E-state index contributed by atoms with van der Waals surface area (Å²) < 4.78 is 14.3. The molecule has 0 fully saturated rings. The van der Waals surface area contributed by atoms with E-state index in [1.54, 1.807) is 24.4 Å². The van der Waals surface area contributed by atoms with E-state index < -0.39 is 0 Å². The van der Waals surface area contributed by atoms with Gasteiger partial charge in [0, 0.05) is 33.1 Å². The van der Waals surface area contributed by atoms with E-state index in [2.05, 4.69) is 52.9 Å². The lowest BCUT2D eigenvalue weighted by Crippen LogP contribution is -2.17. The predicted molar refractivity (Wildman–Crippen MR) is 178 cm³/mol. The van der Waals surface area contributed by atoms with Crippen molar-refractivity contribution >= 4 is 23.7 Å². The molecule has 0 aliphatic heterocycles. The molecule has 222 valence electrons. The van der Waals surface area contributed by atoms with Gasteiger partial charge in [-0.1, -0.05) is 66.2 Å². The molecule has 0 atom stereocenters. The molecule has 1 N–H and O–H groups in total. The van der Waals surface area contributed by atoms with Crippen LogP contribution in [0.3, 0.4) is 0 Å². The SMILES string of the molecule is C=CCc1cc(/C=N/NC(=O)c2ccc(-n3c(C)ccc3-c3ccccc3)cc2)cc(OCC)c1OCc1ccccc1Cl. The maximum Gasteiger partial charge on any atom is 0.271 e. The molecular weight excluding hydrogens is 570 g/mol. The van der Waals surface area contributed by atoms with Crippen molar-refractivity contribution in [2.45, 2.75) is 26.9 Å². The Morgan fingerprint density at radius 2 is 1.68 bits per heavy atom. The third kappa shape index (κ3) is 7.10. The van der Waals surface area contributed by atoms with E-state index in [4.69, 9.17) is 21.1 Å². The molecular formula is C37H34ClN3O3. The summed E-state index contributed by atoms with van der Waals surface area (Å²) in [4.78, 5) is 12.9. The van der Waals surface area contributed by atoms with Gasteiger partial charge in [-0.3, -0.25) is 4.79 Å². The van der Waals surface area contributed by atoms with Crippen LogP contribution in [-0.4, -0.2) is 23.3 Å². The van der Waals surface area contributed by atoms with E-state index in [1.807, 2.05) is 73.7 Å². The molecule has 0 saturated heterocycles. The topological polar surface area (TPSA) is 64.9 Å². The van der Waals surface area contributed by atoms with Crippen LogP contribution in [0.2, 0.25) is 5.02 Å². The van der Waals surface area contributed by atoms with Crippen molar-refractivity contribution in [3.05, 3.63) is 149 Å². The van der Waals surface area contributed by atoms with Gasteiger partial charge < -0.3 is 14.0 Å². The number of amides is 1. The number of aromatic nitrogens is 1. The number of aryl methyl sites for hydroxylation is 1. The smallest absolute Gasteiger partial charge is 0.271 e. The summed E-state index contributed by atoms with van der Waals surface area (Å²) >= 11 is 6.33. The highest BCUT2D eigenvalue weighted by atomic mass is 35.5. The number of nitrogens with zero attached hydrogens (tertiary/aromatic N) is 2. The zero-order chi connectivity index (χ0) is 30.9. The van der Waals surface area contributed by atoms with Crippen molar-refractivity contribution in [2.75, 3.05) is 6.61 Å². The second-order valence-electron chi connectivity index (χ2n) is 10.1. The zero-order valence-corrected chi connectivity index (χ0v) is 25.6. The van der Waals surface area contributed by atoms with Gasteiger partial charge in [-0.2, -0.15) is 5.10 Å². The molecule has 1 aromatic heterocycles. The first-order chi connectivity index (χ1) is 21.5. The van der Waals surface area contributed by atoms with Gasteiger partial charge >= 0.3 is 0 Å². The molecule has 0 aliphatic carbocycles. The first kappa shape index (κ1) is 30.4. The number of carbonyl (C=O) groups excluding carboxylic acids is 1. The van der Waals surface area contributed by atoms with Gasteiger partial charge in [0.15, 0.2) is 11.5 Å². The molecule has 0 radical (unpaired) electrons. The molecule has 1 amide bonds. The number of rotatable bonds is 12. The summed E-state index contributed by atoms with van der Waals surface area (Å²) in [6, 6.07) is 33.3. The Morgan fingerprint density at radius 3 is 2.41 bits per heavy atom. The lowest BCUT2D eigenvalue weighted by Gasteiger charge is -2.17. The molecule has 0 saturated carbocycles. The Labute approximate surface area is 263 Å². The summed E-state index contributed by atoms with van der Waals surface area (Å²) in [6.07, 6.45) is 3.96. The molecule has 0 spiro atoms. The van der Waals surface area contributed by atoms with Crippen molar-refractivity contribution in [1.82, 2.24) is 9.99 Å². The normalized spacial score (nSPS) is 11.0. The highest BCUT2D eigenvalue weighted by molar-refractivity contribution is 6.31. The van der Waals surface area contributed by atoms with Gasteiger partial charge in [-0.25, -0.2) is 5.43 Å². The number of allylic oxidation sites excluding steroid dienone is 1. The fraction of sp³-hybridized carbons (Fsp3) is 0.135. The Hall–Kier alpha value is -5.07. The number of carbonyl (C=O) groups is 1. The van der Waals surface area contributed by atoms with E-state index in [0.29, 0.717) is 41.7 Å². The van der Waals surface area contributed by atoms with Gasteiger partial charge in [0.05, 0.1) is 18.5 Å². The predicted octanol–water partition coefficient (Wildman–Crippen LogP) is 8.58. The summed E-state index contributed by atoms with van der Waals surface area (Å²) in [5.74, 6) is 0.898. The van der Waals surface area contributed by atoms with E-state index in [0.717, 1.165) is 39.3 Å². The number of hydrazone groups is 1. The van der Waals surface area contributed by atoms with Gasteiger partial charge in [-0.05, 0) is 86.0 Å². The molecule has 0 aliphatic rings. The standard InChI is InChI=1S/C37H34ClN3O3/c1-4-11-30-22-27(23-35(43-5-2)36(30)44-25-31-14-9-10-15-33(31)38)24-39-40-37(42)29-17-19-32(20-18-29)41-26(3)16-21-34(41)28-12-7-6-8-13-28/h4,6-10,12-24H,1,5,11,25H2,2-3H3,(H,40,42)/b39-24+. The van der Waals surface area contributed by atoms with E-state index in [1.165, 1.54) is 0 Å². The summed E-state index contributed by atoms with van der Waals surface area (Å²) in [7, 11) is 0. The minimum Gasteiger partial charge on any atom is -0.490 e. The van der Waals surface area contributed by atoms with Gasteiger partial charge in [-0.15, -0.1) is 6.58 Å². The summed E-state index contributed by atoms with van der Waals surface area (Å²) in [6.45, 7) is 8.62. The number of ether oxygens (including phenoxy) is 2. The minimum atomic E-state index is -0.309. The molecule has 1 heterocycles. The van der Waals surface area contributed by atoms with E-state index in [9.17, 15) is 4.79 Å². The number of hydrogen-bond acceptors (Lipinski definition) is 4. The van der Waals surface area contributed by atoms with E-state index in [-0.39, 0.29) is 5.91 Å². The highest BCUT2D eigenvalue weighted by Gasteiger charge is 2.15. The van der Waals surface area contributed by atoms with Crippen LogP contribution in [0.25, 0.3) is 16.9 Å². The number of halogens is 1. The fourth-order valence-electron chi connectivity index (χ4n) is 4.96. The molecule has 0 unspecified atom stereocenters. The second-order valence-corrected chi connectivity index (χ2v) is 10.5. The van der Waals surface area contributed by atoms with Crippen LogP contribution in [0, 0.1) is 6.92 Å². The zero-order valence-electron chi connectivity index (χ0n) is 24.8. The van der Waals surface area contributed by atoms with Crippen LogP contribution in [0.15, 0.2) is 121 Å². The first-order valence-electron chi connectivity index (χ1n) is 14.4. The molecule has 4 aromatic carbocycles. The van der Waals surface area contributed by atoms with Crippen molar-refractivity contribution in [3.63, 3.8) is 0 Å². The highest BCUT2D eigenvalue weighted by Crippen LogP contribution is 2.35. The molecule has 44 heavy (non-hydrogen) atoms. The van der Waals surface area contributed by atoms with Gasteiger partial charge in [0.1, 0.15) is 6.61 Å². The molecule has 5 aromatic rings. The van der Waals surface area contributed by atoms with Gasteiger partial charge in [0.2, 0.25) is 0 Å².